The Hall–Kier alpha value is -1.35. The van der Waals surface area contributed by atoms with Gasteiger partial charge in [0.25, 0.3) is 0 Å². The lowest BCUT2D eigenvalue weighted by Gasteiger charge is -2.27. The number of carbonyl (C=O) groups is 1. The number of carboxylic acids is 1. The van der Waals surface area contributed by atoms with Crippen LogP contribution in [0.1, 0.15) is 32.8 Å². The highest BCUT2D eigenvalue weighted by Crippen LogP contribution is 2.14. The summed E-state index contributed by atoms with van der Waals surface area (Å²) in [6.45, 7) is 6.47. The summed E-state index contributed by atoms with van der Waals surface area (Å²) >= 11 is 0. The van der Waals surface area contributed by atoms with E-state index >= 15 is 0 Å². The Morgan fingerprint density at radius 1 is 1.33 bits per heavy atom. The largest absolute Gasteiger partial charge is 0.481 e. The van der Waals surface area contributed by atoms with Crippen molar-refractivity contribution in [3.05, 3.63) is 35.9 Å². The fourth-order valence-electron chi connectivity index (χ4n) is 1.71. The van der Waals surface area contributed by atoms with E-state index in [1.165, 1.54) is 5.56 Å². The average molecular weight is 249 g/mol. The SMILES string of the molecule is CC(CNC(C)(C)CCc1ccccc1)C(=O)O. The molecule has 0 radical (unpaired) electrons. The molecule has 0 aliphatic heterocycles. The standard InChI is InChI=1S/C15H23NO2/c1-12(14(17)18)11-16-15(2,3)10-9-13-7-5-4-6-8-13/h4-8,12,16H,9-11H2,1-3H3,(H,17,18). The van der Waals surface area contributed by atoms with Crippen molar-refractivity contribution in [2.75, 3.05) is 6.54 Å². The number of rotatable bonds is 7. The van der Waals surface area contributed by atoms with E-state index in [-0.39, 0.29) is 11.5 Å². The molecule has 1 aromatic carbocycles. The molecule has 1 unspecified atom stereocenters. The second-order valence-electron chi connectivity index (χ2n) is 5.49. The maximum absolute atomic E-state index is 10.8. The van der Waals surface area contributed by atoms with Crippen LogP contribution in [0.25, 0.3) is 0 Å². The van der Waals surface area contributed by atoms with Crippen LogP contribution in [-0.2, 0) is 11.2 Å². The molecule has 3 nitrogen and oxygen atoms in total. The molecule has 1 atom stereocenters. The number of nitrogens with one attached hydrogen (secondary N) is 1. The number of hydrogen-bond acceptors (Lipinski definition) is 2. The lowest BCUT2D eigenvalue weighted by atomic mass is 9.94. The van der Waals surface area contributed by atoms with Gasteiger partial charge in [0.15, 0.2) is 0 Å². The van der Waals surface area contributed by atoms with Crippen LogP contribution in [0, 0.1) is 5.92 Å². The predicted molar refractivity (Wildman–Crippen MR) is 73.6 cm³/mol. The molecule has 0 fully saturated rings. The first kappa shape index (κ1) is 14.7. The summed E-state index contributed by atoms with van der Waals surface area (Å²) in [5.74, 6) is -1.10. The van der Waals surface area contributed by atoms with Crippen LogP contribution in [0.4, 0.5) is 0 Å². The molecule has 0 spiro atoms. The highest BCUT2D eigenvalue weighted by atomic mass is 16.4. The van der Waals surface area contributed by atoms with Crippen LogP contribution >= 0.6 is 0 Å². The molecule has 1 aromatic rings. The van der Waals surface area contributed by atoms with Crippen molar-refractivity contribution in [1.29, 1.82) is 0 Å². The summed E-state index contributed by atoms with van der Waals surface area (Å²) in [6, 6.07) is 10.3. The van der Waals surface area contributed by atoms with Crippen LogP contribution in [0.2, 0.25) is 0 Å². The Bertz CT molecular complexity index is 373. The van der Waals surface area contributed by atoms with Gasteiger partial charge >= 0.3 is 5.97 Å². The number of aryl methyl sites for hydroxylation is 1. The zero-order valence-electron chi connectivity index (χ0n) is 11.4. The molecule has 0 aromatic heterocycles. The third-order valence-corrected chi connectivity index (χ3v) is 3.19. The van der Waals surface area contributed by atoms with E-state index in [1.807, 2.05) is 18.2 Å². The maximum atomic E-state index is 10.8. The van der Waals surface area contributed by atoms with E-state index < -0.39 is 5.97 Å². The van der Waals surface area contributed by atoms with Crippen molar-refractivity contribution in [1.82, 2.24) is 5.32 Å². The molecule has 0 heterocycles. The second kappa shape index (κ2) is 6.55. The van der Waals surface area contributed by atoms with E-state index in [1.54, 1.807) is 6.92 Å². The monoisotopic (exact) mass is 249 g/mol. The Labute approximate surface area is 109 Å². The third kappa shape index (κ3) is 5.32. The highest BCUT2D eigenvalue weighted by Gasteiger charge is 2.19. The predicted octanol–water partition coefficient (Wildman–Crippen LogP) is 2.71. The fourth-order valence-corrected chi connectivity index (χ4v) is 1.71. The van der Waals surface area contributed by atoms with Crippen LogP contribution in [0.5, 0.6) is 0 Å². The molecule has 3 heteroatoms. The van der Waals surface area contributed by atoms with Gasteiger partial charge in [0.05, 0.1) is 5.92 Å². The van der Waals surface area contributed by atoms with E-state index in [2.05, 4.69) is 31.3 Å². The summed E-state index contributed by atoms with van der Waals surface area (Å²) in [5.41, 5.74) is 1.28. The molecule has 0 amide bonds. The highest BCUT2D eigenvalue weighted by molar-refractivity contribution is 5.69. The van der Waals surface area contributed by atoms with Gasteiger partial charge in [-0.2, -0.15) is 0 Å². The summed E-state index contributed by atoms with van der Waals surface area (Å²) in [6.07, 6.45) is 1.99. The first-order chi connectivity index (χ1) is 8.41. The minimum atomic E-state index is -0.749. The number of aliphatic carboxylic acids is 1. The minimum Gasteiger partial charge on any atom is -0.481 e. The Morgan fingerprint density at radius 3 is 2.50 bits per heavy atom. The Kier molecular flexibility index (Phi) is 5.35. The minimum absolute atomic E-state index is 0.0421. The van der Waals surface area contributed by atoms with E-state index in [4.69, 9.17) is 5.11 Å². The van der Waals surface area contributed by atoms with Gasteiger partial charge in [-0.3, -0.25) is 4.79 Å². The molecule has 0 saturated heterocycles. The third-order valence-electron chi connectivity index (χ3n) is 3.19. The summed E-state index contributed by atoms with van der Waals surface area (Å²) in [7, 11) is 0. The van der Waals surface area contributed by atoms with Crippen LogP contribution in [0.15, 0.2) is 30.3 Å². The molecule has 100 valence electrons. The van der Waals surface area contributed by atoms with Gasteiger partial charge in [-0.25, -0.2) is 0 Å². The van der Waals surface area contributed by atoms with Crippen LogP contribution in [0.3, 0.4) is 0 Å². The average Bonchev–Trinajstić information content (AvgIpc) is 2.35. The van der Waals surface area contributed by atoms with Crippen molar-refractivity contribution < 1.29 is 9.90 Å². The molecule has 0 aliphatic carbocycles. The Morgan fingerprint density at radius 2 is 1.94 bits per heavy atom. The quantitative estimate of drug-likeness (QED) is 0.781. The summed E-state index contributed by atoms with van der Waals surface area (Å²) < 4.78 is 0. The van der Waals surface area contributed by atoms with Gasteiger partial charge in [-0.1, -0.05) is 37.3 Å². The Balaban J connectivity index is 2.38. The van der Waals surface area contributed by atoms with Crippen molar-refractivity contribution >= 4 is 5.97 Å². The smallest absolute Gasteiger partial charge is 0.307 e. The number of hydrogen-bond donors (Lipinski definition) is 2. The summed E-state index contributed by atoms with van der Waals surface area (Å²) in [5, 5.41) is 12.2. The zero-order chi connectivity index (χ0) is 13.6. The van der Waals surface area contributed by atoms with Gasteiger partial charge in [0, 0.05) is 12.1 Å². The number of benzene rings is 1. The van der Waals surface area contributed by atoms with Crippen molar-refractivity contribution in [3.63, 3.8) is 0 Å². The maximum Gasteiger partial charge on any atom is 0.307 e. The van der Waals surface area contributed by atoms with Crippen molar-refractivity contribution in [2.45, 2.75) is 39.2 Å². The molecule has 0 aliphatic rings. The lowest BCUT2D eigenvalue weighted by Crippen LogP contribution is -2.43. The molecule has 1 rings (SSSR count). The molecule has 0 saturated carbocycles. The fraction of sp³-hybridized carbons (Fsp3) is 0.533. The van der Waals surface area contributed by atoms with E-state index in [9.17, 15) is 4.79 Å². The lowest BCUT2D eigenvalue weighted by molar-refractivity contribution is -0.141. The molecule has 18 heavy (non-hydrogen) atoms. The molecule has 0 bridgehead atoms. The van der Waals surface area contributed by atoms with Gasteiger partial charge in [-0.15, -0.1) is 0 Å². The van der Waals surface area contributed by atoms with E-state index in [0.29, 0.717) is 6.54 Å². The topological polar surface area (TPSA) is 49.3 Å². The van der Waals surface area contributed by atoms with Gasteiger partial charge in [-0.05, 0) is 32.3 Å². The van der Waals surface area contributed by atoms with Crippen LogP contribution < -0.4 is 5.32 Å². The zero-order valence-corrected chi connectivity index (χ0v) is 11.4. The van der Waals surface area contributed by atoms with Crippen molar-refractivity contribution in [2.24, 2.45) is 5.92 Å². The molecular weight excluding hydrogens is 226 g/mol. The van der Waals surface area contributed by atoms with Gasteiger partial charge in [0.1, 0.15) is 0 Å². The normalized spacial score (nSPS) is 13.3. The van der Waals surface area contributed by atoms with Crippen molar-refractivity contribution in [3.8, 4) is 0 Å². The first-order valence-corrected chi connectivity index (χ1v) is 6.42. The summed E-state index contributed by atoms with van der Waals surface area (Å²) in [4.78, 5) is 10.8. The number of carboxylic acid groups (broad SMARTS) is 1. The van der Waals surface area contributed by atoms with Crippen LogP contribution in [-0.4, -0.2) is 23.2 Å². The van der Waals surface area contributed by atoms with E-state index in [0.717, 1.165) is 12.8 Å². The molecule has 2 N–H and O–H groups in total. The second-order valence-corrected chi connectivity index (χ2v) is 5.49. The first-order valence-electron chi connectivity index (χ1n) is 6.42. The molecular formula is C15H23NO2. The van der Waals surface area contributed by atoms with Gasteiger partial charge < -0.3 is 10.4 Å². The van der Waals surface area contributed by atoms with Gasteiger partial charge in [0.2, 0.25) is 0 Å².